The van der Waals surface area contributed by atoms with E-state index in [4.69, 9.17) is 9.47 Å². The molecule has 1 amide bonds. The van der Waals surface area contributed by atoms with E-state index in [0.717, 1.165) is 16.1 Å². The number of rotatable bonds is 8. The molecule has 30 heavy (non-hydrogen) atoms. The van der Waals surface area contributed by atoms with Gasteiger partial charge in [0.15, 0.2) is 6.10 Å². The number of ether oxygens (including phenoxy) is 2. The first-order valence-corrected chi connectivity index (χ1v) is 11.2. The van der Waals surface area contributed by atoms with E-state index in [1.165, 1.54) is 7.05 Å². The Hall–Kier alpha value is -3.07. The predicted molar refractivity (Wildman–Crippen MR) is 116 cm³/mol. The van der Waals surface area contributed by atoms with Crippen LogP contribution in [0.1, 0.15) is 29.8 Å². The van der Waals surface area contributed by atoms with Crippen molar-refractivity contribution in [3.8, 4) is 5.75 Å². The molecule has 1 N–H and O–H groups in total. The monoisotopic (exact) mass is 434 g/mol. The Balaban J connectivity index is 2.06. The molecule has 2 aromatic rings. The first-order chi connectivity index (χ1) is 14.0. The van der Waals surface area contributed by atoms with Crippen LogP contribution in [-0.2, 0) is 19.6 Å². The fourth-order valence-electron chi connectivity index (χ4n) is 2.52. The summed E-state index contributed by atoms with van der Waals surface area (Å²) in [5.41, 5.74) is 2.10. The van der Waals surface area contributed by atoms with Gasteiger partial charge in [-0.25, -0.2) is 13.2 Å². The number of aryl methyl sites for hydroxylation is 1. The highest BCUT2D eigenvalue weighted by Gasteiger charge is 2.18. The molecule has 0 aliphatic heterocycles. The zero-order chi connectivity index (χ0) is 22.5. The van der Waals surface area contributed by atoms with Crippen molar-refractivity contribution in [3.05, 3.63) is 53.6 Å². The Morgan fingerprint density at radius 3 is 2.33 bits per heavy atom. The van der Waals surface area contributed by atoms with Crippen molar-refractivity contribution in [1.29, 1.82) is 0 Å². The topological polar surface area (TPSA) is 102 Å². The molecule has 0 fully saturated rings. The minimum atomic E-state index is -3.36. The Morgan fingerprint density at radius 1 is 1.13 bits per heavy atom. The molecule has 9 heteroatoms. The van der Waals surface area contributed by atoms with E-state index >= 15 is 0 Å². The number of sulfonamides is 1. The van der Waals surface area contributed by atoms with Crippen LogP contribution >= 0.6 is 0 Å². The first-order valence-electron chi connectivity index (χ1n) is 9.32. The minimum absolute atomic E-state index is 0.262. The molecule has 8 nitrogen and oxygen atoms in total. The summed E-state index contributed by atoms with van der Waals surface area (Å²) < 4.78 is 35.0. The van der Waals surface area contributed by atoms with E-state index in [-0.39, 0.29) is 6.61 Å². The summed E-state index contributed by atoms with van der Waals surface area (Å²) >= 11 is 0. The van der Waals surface area contributed by atoms with Crippen molar-refractivity contribution in [1.82, 2.24) is 0 Å². The minimum Gasteiger partial charge on any atom is -0.481 e. The lowest BCUT2D eigenvalue weighted by atomic mass is 10.1. The fourth-order valence-corrected chi connectivity index (χ4v) is 3.02. The Bertz CT molecular complexity index is 1020. The molecule has 0 radical (unpaired) electrons. The van der Waals surface area contributed by atoms with Gasteiger partial charge in [-0.2, -0.15) is 0 Å². The summed E-state index contributed by atoms with van der Waals surface area (Å²) in [4.78, 5) is 24.4. The number of amides is 1. The normalized spacial score (nSPS) is 12.0. The van der Waals surface area contributed by atoms with E-state index in [2.05, 4.69) is 5.32 Å². The van der Waals surface area contributed by atoms with Crippen molar-refractivity contribution >= 4 is 33.3 Å². The summed E-state index contributed by atoms with van der Waals surface area (Å²) in [5, 5.41) is 2.76. The zero-order valence-electron chi connectivity index (χ0n) is 17.6. The number of anilines is 2. The molecule has 0 saturated carbocycles. The molecule has 0 spiro atoms. The quantitative estimate of drug-likeness (QED) is 0.641. The van der Waals surface area contributed by atoms with Crippen LogP contribution in [0.4, 0.5) is 11.4 Å². The standard InChI is InChI=1S/C21H26N2O6S/c1-6-28-21(25)16-8-7-14(2)19(13-16)22-20(24)15(3)29-18-11-9-17(10-12-18)23(4)30(5,26)27/h7-13,15H,6H2,1-5H3,(H,22,24)/t15-/m0/s1. The zero-order valence-corrected chi connectivity index (χ0v) is 18.4. The molecule has 0 aliphatic rings. The molecule has 0 unspecified atom stereocenters. The Labute approximate surface area is 176 Å². The lowest BCUT2D eigenvalue weighted by Gasteiger charge is -2.18. The molecule has 2 rings (SSSR count). The van der Waals surface area contributed by atoms with Crippen LogP contribution in [0.3, 0.4) is 0 Å². The smallest absolute Gasteiger partial charge is 0.338 e. The maximum absolute atomic E-state index is 12.5. The maximum atomic E-state index is 12.5. The SMILES string of the molecule is CCOC(=O)c1ccc(C)c(NC(=O)[C@H](C)Oc2ccc(N(C)S(C)(=O)=O)cc2)c1. The molecule has 0 aliphatic carbocycles. The molecule has 0 aromatic heterocycles. The van der Waals surface area contributed by atoms with E-state index in [9.17, 15) is 18.0 Å². The van der Waals surface area contributed by atoms with E-state index < -0.39 is 28.0 Å². The van der Waals surface area contributed by atoms with Gasteiger partial charge in [0.05, 0.1) is 24.1 Å². The molecule has 162 valence electrons. The molecule has 0 heterocycles. The van der Waals surface area contributed by atoms with Crippen molar-refractivity contribution in [3.63, 3.8) is 0 Å². The third-order valence-electron chi connectivity index (χ3n) is 4.39. The Morgan fingerprint density at radius 2 is 1.77 bits per heavy atom. The van der Waals surface area contributed by atoms with Crippen LogP contribution in [-0.4, -0.2) is 46.3 Å². The van der Waals surface area contributed by atoms with E-state index in [0.29, 0.717) is 22.7 Å². The first kappa shape index (κ1) is 23.2. The average molecular weight is 435 g/mol. The fraction of sp³-hybridized carbons (Fsp3) is 0.333. The van der Waals surface area contributed by atoms with Gasteiger partial charge in [-0.15, -0.1) is 0 Å². The molecule has 2 aromatic carbocycles. The number of carbonyl (C=O) groups is 2. The second-order valence-electron chi connectivity index (χ2n) is 6.72. The summed E-state index contributed by atoms with van der Waals surface area (Å²) in [5.74, 6) is -0.437. The molecule has 0 bridgehead atoms. The number of hydrogen-bond donors (Lipinski definition) is 1. The molecular weight excluding hydrogens is 408 g/mol. The molecular formula is C21H26N2O6S. The highest BCUT2D eigenvalue weighted by molar-refractivity contribution is 7.92. The van der Waals surface area contributed by atoms with Gasteiger partial charge in [-0.3, -0.25) is 9.10 Å². The van der Waals surface area contributed by atoms with Gasteiger partial charge in [0.25, 0.3) is 5.91 Å². The van der Waals surface area contributed by atoms with E-state index in [1.54, 1.807) is 56.3 Å². The van der Waals surface area contributed by atoms with Crippen molar-refractivity contribution in [2.24, 2.45) is 0 Å². The van der Waals surface area contributed by atoms with Gasteiger partial charge < -0.3 is 14.8 Å². The number of nitrogens with zero attached hydrogens (tertiary/aromatic N) is 1. The highest BCUT2D eigenvalue weighted by atomic mass is 32.2. The highest BCUT2D eigenvalue weighted by Crippen LogP contribution is 2.22. The van der Waals surface area contributed by atoms with Crippen molar-refractivity contribution in [2.75, 3.05) is 29.5 Å². The van der Waals surface area contributed by atoms with Crippen LogP contribution < -0.4 is 14.4 Å². The largest absolute Gasteiger partial charge is 0.481 e. The number of carbonyl (C=O) groups excluding carboxylic acids is 2. The summed E-state index contributed by atoms with van der Waals surface area (Å²) in [6, 6.07) is 11.3. The van der Waals surface area contributed by atoms with Crippen LogP contribution in [0, 0.1) is 6.92 Å². The second kappa shape index (κ2) is 9.62. The third-order valence-corrected chi connectivity index (χ3v) is 5.59. The molecule has 1 atom stereocenters. The predicted octanol–water partition coefficient (Wildman–Crippen LogP) is 2.97. The van der Waals surface area contributed by atoms with Gasteiger partial charge in [-0.1, -0.05) is 6.07 Å². The van der Waals surface area contributed by atoms with Gasteiger partial charge in [0.1, 0.15) is 5.75 Å². The third kappa shape index (κ3) is 5.96. The van der Waals surface area contributed by atoms with Crippen molar-refractivity contribution < 1.29 is 27.5 Å². The van der Waals surface area contributed by atoms with Crippen molar-refractivity contribution in [2.45, 2.75) is 26.9 Å². The Kier molecular flexibility index (Phi) is 7.44. The number of nitrogens with one attached hydrogen (secondary N) is 1. The van der Waals surface area contributed by atoms with Gasteiger partial charge in [0.2, 0.25) is 10.0 Å². The summed E-state index contributed by atoms with van der Waals surface area (Å²) in [6.07, 6.45) is 0.289. The van der Waals surface area contributed by atoms with Crippen LogP contribution in [0.5, 0.6) is 5.75 Å². The van der Waals surface area contributed by atoms with Gasteiger partial charge >= 0.3 is 5.97 Å². The van der Waals surface area contributed by atoms with Crippen LogP contribution in [0.25, 0.3) is 0 Å². The molecule has 0 saturated heterocycles. The van der Waals surface area contributed by atoms with Gasteiger partial charge in [-0.05, 0) is 62.7 Å². The number of hydrogen-bond acceptors (Lipinski definition) is 6. The lowest BCUT2D eigenvalue weighted by Crippen LogP contribution is -2.30. The lowest BCUT2D eigenvalue weighted by molar-refractivity contribution is -0.122. The summed E-state index contributed by atoms with van der Waals surface area (Å²) in [7, 11) is -1.91. The second-order valence-corrected chi connectivity index (χ2v) is 8.74. The van der Waals surface area contributed by atoms with Gasteiger partial charge in [0, 0.05) is 12.7 Å². The van der Waals surface area contributed by atoms with Crippen LogP contribution in [0.15, 0.2) is 42.5 Å². The maximum Gasteiger partial charge on any atom is 0.338 e. The summed E-state index contributed by atoms with van der Waals surface area (Å²) in [6.45, 7) is 5.39. The number of benzene rings is 2. The number of esters is 1. The average Bonchev–Trinajstić information content (AvgIpc) is 2.69. The van der Waals surface area contributed by atoms with Crippen LogP contribution in [0.2, 0.25) is 0 Å². The van der Waals surface area contributed by atoms with E-state index in [1.807, 2.05) is 6.92 Å².